The third-order valence-electron chi connectivity index (χ3n) is 7.99. The summed E-state index contributed by atoms with van der Waals surface area (Å²) in [5, 5.41) is 19.5. The second-order valence-electron chi connectivity index (χ2n) is 12.8. The van der Waals surface area contributed by atoms with Crippen molar-refractivity contribution in [2.45, 2.75) is 103 Å². The summed E-state index contributed by atoms with van der Waals surface area (Å²) in [4.78, 5) is 44.2. The largest absolute Gasteiger partial charge is 0.452 e. The number of aromatic nitrogens is 1. The van der Waals surface area contributed by atoms with Crippen LogP contribution in [0, 0.1) is 5.92 Å². The van der Waals surface area contributed by atoms with Crippen molar-refractivity contribution in [3.63, 3.8) is 0 Å². The van der Waals surface area contributed by atoms with Gasteiger partial charge in [-0.25, -0.2) is 10.4 Å². The van der Waals surface area contributed by atoms with Crippen LogP contribution in [0.1, 0.15) is 84.5 Å². The fourth-order valence-electron chi connectivity index (χ4n) is 5.42. The molecule has 5 bridgehead atoms. The molecule has 2 aliphatic rings. The van der Waals surface area contributed by atoms with Crippen molar-refractivity contribution in [2.24, 2.45) is 5.92 Å². The smallest absolute Gasteiger partial charge is 0.309 e. The molecule has 4 N–H and O–H groups in total. The number of nitrogens with zero attached hydrogens (tertiary/aromatic N) is 2. The van der Waals surface area contributed by atoms with Gasteiger partial charge < -0.3 is 25.2 Å². The van der Waals surface area contributed by atoms with E-state index in [4.69, 9.17) is 14.5 Å². The molecule has 1 aromatic carbocycles. The number of ether oxygens (including phenoxy) is 2. The maximum absolute atomic E-state index is 13.3. The van der Waals surface area contributed by atoms with E-state index in [9.17, 15) is 19.5 Å². The fraction of sp³-hybridized carbons (Fsp3) is 0.576. The Kier molecular flexibility index (Phi) is 11.1. The van der Waals surface area contributed by atoms with Gasteiger partial charge in [-0.2, -0.15) is 0 Å². The van der Waals surface area contributed by atoms with Gasteiger partial charge in [0.15, 0.2) is 6.10 Å². The summed E-state index contributed by atoms with van der Waals surface area (Å²) in [6.07, 6.45) is 3.73. The molecule has 1 fully saturated rings. The molecule has 1 aromatic heterocycles. The van der Waals surface area contributed by atoms with Crippen LogP contribution in [0.3, 0.4) is 0 Å². The number of carbonyl (C=O) groups is 3. The van der Waals surface area contributed by atoms with Crippen molar-refractivity contribution in [3.8, 4) is 0 Å². The van der Waals surface area contributed by atoms with Crippen molar-refractivity contribution >= 4 is 34.8 Å². The van der Waals surface area contributed by atoms with E-state index in [1.165, 1.54) is 0 Å². The molecule has 0 saturated carbocycles. The van der Waals surface area contributed by atoms with Crippen LogP contribution in [0.5, 0.6) is 0 Å². The van der Waals surface area contributed by atoms with Crippen LogP contribution in [-0.2, 0) is 23.9 Å². The third kappa shape index (κ3) is 8.84. The average molecular weight is 610 g/mol. The van der Waals surface area contributed by atoms with Gasteiger partial charge in [0.05, 0.1) is 41.9 Å². The van der Waals surface area contributed by atoms with Crippen molar-refractivity contribution < 1.29 is 29.0 Å². The number of pyridine rings is 1. The number of hydrogen-bond acceptors (Lipinski definition) is 9. The molecule has 3 heterocycles. The maximum atomic E-state index is 13.3. The van der Waals surface area contributed by atoms with Gasteiger partial charge in [-0.05, 0) is 70.6 Å². The number of rotatable bonds is 1. The van der Waals surface area contributed by atoms with Crippen LogP contribution in [-0.4, -0.2) is 76.1 Å². The lowest BCUT2D eigenvalue weighted by molar-refractivity contribution is -0.164. The molecule has 11 heteroatoms. The lowest BCUT2D eigenvalue weighted by Gasteiger charge is -2.39. The Morgan fingerprint density at radius 3 is 2.57 bits per heavy atom. The Morgan fingerprint density at radius 2 is 1.82 bits per heavy atom. The first-order valence-electron chi connectivity index (χ1n) is 15.6. The molecule has 0 radical (unpaired) electrons. The van der Waals surface area contributed by atoms with E-state index in [2.05, 4.69) is 16.1 Å². The van der Waals surface area contributed by atoms with E-state index >= 15 is 0 Å². The molecule has 0 spiro atoms. The highest BCUT2D eigenvalue weighted by molar-refractivity contribution is 5.85. The average Bonchev–Trinajstić information content (AvgIpc) is 2.97. The number of esters is 1. The van der Waals surface area contributed by atoms with E-state index in [0.717, 1.165) is 22.2 Å². The number of amides is 2. The molecule has 2 aliphatic heterocycles. The van der Waals surface area contributed by atoms with E-state index < -0.39 is 41.9 Å². The quantitative estimate of drug-likeness (QED) is 0.358. The number of aliphatic hydroxyl groups is 1. The maximum Gasteiger partial charge on any atom is 0.309 e. The first-order chi connectivity index (χ1) is 20.8. The number of benzene rings is 1. The van der Waals surface area contributed by atoms with Crippen molar-refractivity contribution in [1.29, 1.82) is 0 Å². The van der Waals surface area contributed by atoms with Crippen LogP contribution in [0.25, 0.3) is 17.0 Å². The number of hydrazine groups is 1. The standard InChI is InChI=1S/C33H47N5O6/c1-20(2)29-31(41)35-22(4)32(42)38-16-9-11-26(37-38)30(40)34-21(3)25-15-14-24-13-12-23(18-27(24)36-25)10-7-8-17-43-33(5,6)19-28(39)44-29/h7,10,12-15,18,20-22,26,29,32,37,42H,8-9,11,16-17,19H2,1-6H3,(H,34,40)(H,35,41)/b10-7+/t21-,22?,26+,29+,32?/m1/s1. The summed E-state index contributed by atoms with van der Waals surface area (Å²) in [6, 6.07) is 8.35. The summed E-state index contributed by atoms with van der Waals surface area (Å²) < 4.78 is 11.6. The Morgan fingerprint density at radius 1 is 1.07 bits per heavy atom. The number of fused-ring (bicyclic) bond motifs is 4. The molecule has 1 saturated heterocycles. The Balaban J connectivity index is 1.57. The Bertz CT molecular complexity index is 1360. The molecule has 3 unspecified atom stereocenters. The normalized spacial score (nSPS) is 30.2. The molecule has 2 aromatic rings. The minimum Gasteiger partial charge on any atom is -0.452 e. The highest BCUT2D eigenvalue weighted by Gasteiger charge is 2.35. The minimum atomic E-state index is -1.12. The van der Waals surface area contributed by atoms with Gasteiger partial charge in [0.1, 0.15) is 12.3 Å². The van der Waals surface area contributed by atoms with Crippen molar-refractivity contribution in [1.82, 2.24) is 26.1 Å². The lowest BCUT2D eigenvalue weighted by atomic mass is 10.0. The number of carbonyl (C=O) groups excluding carboxylic acids is 3. The number of aliphatic hydroxyl groups excluding tert-OH is 1. The summed E-state index contributed by atoms with van der Waals surface area (Å²) >= 11 is 0. The fourth-order valence-corrected chi connectivity index (χ4v) is 5.42. The van der Waals surface area contributed by atoms with E-state index in [1.54, 1.807) is 25.8 Å². The zero-order valence-electron chi connectivity index (χ0n) is 26.6. The van der Waals surface area contributed by atoms with Crippen LogP contribution in [0.15, 0.2) is 36.4 Å². The summed E-state index contributed by atoms with van der Waals surface area (Å²) in [7, 11) is 0. The van der Waals surface area contributed by atoms with Gasteiger partial charge in [-0.15, -0.1) is 0 Å². The lowest BCUT2D eigenvalue weighted by Crippen LogP contribution is -2.63. The Hall–Kier alpha value is -3.38. The monoisotopic (exact) mass is 609 g/mol. The highest BCUT2D eigenvalue weighted by atomic mass is 16.6. The molecule has 44 heavy (non-hydrogen) atoms. The van der Waals surface area contributed by atoms with Crippen molar-refractivity contribution in [3.05, 3.63) is 47.7 Å². The molecule has 6 atom stereocenters. The summed E-state index contributed by atoms with van der Waals surface area (Å²) in [6.45, 7) is 11.7. The number of nitrogens with one attached hydrogen (secondary N) is 3. The highest BCUT2D eigenvalue weighted by Crippen LogP contribution is 2.22. The van der Waals surface area contributed by atoms with Gasteiger partial charge >= 0.3 is 5.97 Å². The van der Waals surface area contributed by atoms with Crippen LogP contribution >= 0.6 is 0 Å². The predicted octanol–water partition coefficient (Wildman–Crippen LogP) is 3.37. The molecule has 4 rings (SSSR count). The Labute approximate surface area is 259 Å². The van der Waals surface area contributed by atoms with E-state index in [0.29, 0.717) is 32.4 Å². The van der Waals surface area contributed by atoms with E-state index in [-0.39, 0.29) is 24.3 Å². The first kappa shape index (κ1) is 33.5. The molecule has 240 valence electrons. The third-order valence-corrected chi connectivity index (χ3v) is 7.99. The number of hydrogen-bond donors (Lipinski definition) is 4. The van der Waals surface area contributed by atoms with Crippen LogP contribution < -0.4 is 16.1 Å². The first-order valence-corrected chi connectivity index (χ1v) is 15.6. The number of cyclic esters (lactones) is 1. The van der Waals surface area contributed by atoms with Crippen LogP contribution in [0.2, 0.25) is 0 Å². The molecular formula is C33H47N5O6. The second-order valence-corrected chi connectivity index (χ2v) is 12.8. The zero-order valence-corrected chi connectivity index (χ0v) is 26.6. The molecule has 0 aliphatic carbocycles. The van der Waals surface area contributed by atoms with Gasteiger partial charge in [-0.3, -0.25) is 19.4 Å². The topological polar surface area (TPSA) is 142 Å². The predicted molar refractivity (Wildman–Crippen MR) is 168 cm³/mol. The van der Waals surface area contributed by atoms with Gasteiger partial charge in [0.25, 0.3) is 5.91 Å². The summed E-state index contributed by atoms with van der Waals surface area (Å²) in [5.41, 5.74) is 4.90. The van der Waals surface area contributed by atoms with Gasteiger partial charge in [0.2, 0.25) is 5.91 Å². The molecular weight excluding hydrogens is 562 g/mol. The van der Waals surface area contributed by atoms with Crippen LogP contribution in [0.4, 0.5) is 0 Å². The summed E-state index contributed by atoms with van der Waals surface area (Å²) in [5.74, 6) is -1.53. The zero-order chi connectivity index (χ0) is 32.0. The van der Waals surface area contributed by atoms with Gasteiger partial charge in [0, 0.05) is 11.9 Å². The molecule has 11 nitrogen and oxygen atoms in total. The SMILES string of the molecule is CC1NC(=O)[C@H](C(C)C)OC(=O)CC(C)(C)OCC/C=C/c2ccc3ccc(nc3c2)[C@@H](C)NC(=O)[C@@H]2CCCN(N2)C1O. The van der Waals surface area contributed by atoms with Gasteiger partial charge in [-0.1, -0.05) is 44.2 Å². The second kappa shape index (κ2) is 14.6. The van der Waals surface area contributed by atoms with Crippen molar-refractivity contribution in [2.75, 3.05) is 13.2 Å². The van der Waals surface area contributed by atoms with E-state index in [1.807, 2.05) is 63.3 Å². The minimum absolute atomic E-state index is 0.0242. The molecule has 2 amide bonds.